The molecule has 0 saturated heterocycles. The number of aromatic amines is 1. The van der Waals surface area contributed by atoms with Gasteiger partial charge < -0.3 is 14.6 Å². The molecule has 2 aromatic heterocycles. The van der Waals surface area contributed by atoms with Gasteiger partial charge in [0.15, 0.2) is 11.0 Å². The summed E-state index contributed by atoms with van der Waals surface area (Å²) in [7, 11) is 1.60. The lowest BCUT2D eigenvalue weighted by Gasteiger charge is -2.04. The largest absolute Gasteiger partial charge is 0.385 e. The third-order valence-electron chi connectivity index (χ3n) is 2.68. The average molecular weight is 327 g/mol. The monoisotopic (exact) mass is 327 g/mol. The van der Waals surface area contributed by atoms with E-state index in [1.54, 1.807) is 20.1 Å². The van der Waals surface area contributed by atoms with Gasteiger partial charge in [-0.1, -0.05) is 16.9 Å². The van der Waals surface area contributed by atoms with Crippen molar-refractivity contribution in [3.05, 3.63) is 22.3 Å². The number of thioether (sulfide) groups is 1. The van der Waals surface area contributed by atoms with Crippen LogP contribution in [0, 0.1) is 6.92 Å². The van der Waals surface area contributed by atoms with E-state index in [0.29, 0.717) is 36.3 Å². The first kappa shape index (κ1) is 16.3. The molecule has 1 amide bonds. The van der Waals surface area contributed by atoms with E-state index in [0.717, 1.165) is 0 Å². The van der Waals surface area contributed by atoms with Crippen LogP contribution in [0.15, 0.2) is 20.5 Å². The number of methoxy groups -OCH3 is 1. The lowest BCUT2D eigenvalue weighted by Crippen LogP contribution is -2.19. The van der Waals surface area contributed by atoms with Crippen LogP contribution in [0.4, 0.5) is 5.82 Å². The summed E-state index contributed by atoms with van der Waals surface area (Å²) in [6, 6.07) is 1.62. The van der Waals surface area contributed by atoms with Crippen molar-refractivity contribution in [1.29, 1.82) is 0 Å². The van der Waals surface area contributed by atoms with E-state index in [9.17, 15) is 9.59 Å². The Morgan fingerprint density at radius 2 is 2.41 bits per heavy atom. The molecule has 0 aliphatic rings. The van der Waals surface area contributed by atoms with Crippen LogP contribution < -0.4 is 11.0 Å². The molecule has 0 radical (unpaired) electrons. The number of ether oxygens (including phenoxy) is 1. The summed E-state index contributed by atoms with van der Waals surface area (Å²) in [6.45, 7) is 2.77. The number of aryl methyl sites for hydroxylation is 1. The highest BCUT2D eigenvalue weighted by Crippen LogP contribution is 2.14. The summed E-state index contributed by atoms with van der Waals surface area (Å²) in [6.07, 6.45) is 0.688. The second-order valence-corrected chi connectivity index (χ2v) is 5.41. The van der Waals surface area contributed by atoms with Crippen LogP contribution in [-0.2, 0) is 16.1 Å². The molecule has 0 aliphatic carbocycles. The number of rotatable bonds is 8. The number of hydrogen-bond acceptors (Lipinski definition) is 7. The lowest BCUT2D eigenvalue weighted by atomic mass is 10.4. The first-order valence-corrected chi connectivity index (χ1v) is 7.59. The standard InChI is InChI=1S/C12H17N5O4S/c1-8-6-9(16-21-8)13-10(18)7-22-12-15-14-11(19)17(12)4-3-5-20-2/h6H,3-5,7H2,1-2H3,(H,14,19)(H,13,16,18). The molecule has 0 unspecified atom stereocenters. The summed E-state index contributed by atoms with van der Waals surface area (Å²) >= 11 is 1.17. The van der Waals surface area contributed by atoms with Crippen LogP contribution in [0.2, 0.25) is 0 Å². The van der Waals surface area contributed by atoms with Crippen molar-refractivity contribution in [3.63, 3.8) is 0 Å². The quantitative estimate of drug-likeness (QED) is 0.540. The zero-order valence-electron chi connectivity index (χ0n) is 12.3. The average Bonchev–Trinajstić information content (AvgIpc) is 3.04. The number of anilines is 1. The Morgan fingerprint density at radius 1 is 1.59 bits per heavy atom. The SMILES string of the molecule is COCCCn1c(SCC(=O)Nc2cc(C)on2)n[nH]c1=O. The normalized spacial score (nSPS) is 10.8. The zero-order chi connectivity index (χ0) is 15.9. The fraction of sp³-hybridized carbons (Fsp3) is 0.500. The molecule has 120 valence electrons. The topological polar surface area (TPSA) is 115 Å². The van der Waals surface area contributed by atoms with Gasteiger partial charge in [-0.2, -0.15) is 0 Å². The molecule has 0 bridgehead atoms. The van der Waals surface area contributed by atoms with Crippen molar-refractivity contribution < 1.29 is 14.1 Å². The molecule has 2 rings (SSSR count). The van der Waals surface area contributed by atoms with Gasteiger partial charge in [0, 0.05) is 26.3 Å². The number of nitrogens with zero attached hydrogens (tertiary/aromatic N) is 3. The molecule has 0 saturated carbocycles. The molecule has 0 atom stereocenters. The fourth-order valence-electron chi connectivity index (χ4n) is 1.71. The summed E-state index contributed by atoms with van der Waals surface area (Å²) < 4.78 is 11.3. The van der Waals surface area contributed by atoms with Gasteiger partial charge in [0.1, 0.15) is 5.76 Å². The highest BCUT2D eigenvalue weighted by molar-refractivity contribution is 7.99. The van der Waals surface area contributed by atoms with Gasteiger partial charge in [0.05, 0.1) is 5.75 Å². The van der Waals surface area contributed by atoms with Crippen LogP contribution in [0.1, 0.15) is 12.2 Å². The summed E-state index contributed by atoms with van der Waals surface area (Å²) in [4.78, 5) is 23.5. The minimum Gasteiger partial charge on any atom is -0.385 e. The Kier molecular flexibility index (Phi) is 5.78. The summed E-state index contributed by atoms with van der Waals surface area (Å²) in [5, 5.41) is 13.0. The van der Waals surface area contributed by atoms with Crippen molar-refractivity contribution in [1.82, 2.24) is 19.9 Å². The lowest BCUT2D eigenvalue weighted by molar-refractivity contribution is -0.113. The number of nitrogens with one attached hydrogen (secondary N) is 2. The van der Waals surface area contributed by atoms with E-state index in [1.807, 2.05) is 0 Å². The number of carbonyl (C=O) groups excluding carboxylic acids is 1. The molecule has 2 heterocycles. The molecule has 0 spiro atoms. The third-order valence-corrected chi connectivity index (χ3v) is 3.66. The maximum absolute atomic E-state index is 11.8. The Hall–Kier alpha value is -2.07. The first-order valence-electron chi connectivity index (χ1n) is 6.60. The molecule has 22 heavy (non-hydrogen) atoms. The summed E-state index contributed by atoms with van der Waals surface area (Å²) in [5.41, 5.74) is -0.300. The van der Waals surface area contributed by atoms with E-state index >= 15 is 0 Å². The number of aromatic nitrogens is 4. The van der Waals surface area contributed by atoms with E-state index < -0.39 is 0 Å². The van der Waals surface area contributed by atoms with Crippen LogP contribution in [0.25, 0.3) is 0 Å². The maximum Gasteiger partial charge on any atom is 0.343 e. The Labute approximate surface area is 130 Å². The zero-order valence-corrected chi connectivity index (χ0v) is 13.1. The van der Waals surface area contributed by atoms with Crippen LogP contribution >= 0.6 is 11.8 Å². The highest BCUT2D eigenvalue weighted by atomic mass is 32.2. The first-order chi connectivity index (χ1) is 10.6. The van der Waals surface area contributed by atoms with Gasteiger partial charge in [-0.15, -0.1) is 5.10 Å². The minimum absolute atomic E-state index is 0.112. The second-order valence-electron chi connectivity index (χ2n) is 4.47. The molecule has 0 aliphatic heterocycles. The summed E-state index contributed by atoms with van der Waals surface area (Å²) in [5.74, 6) is 0.836. The van der Waals surface area contributed by atoms with Crippen molar-refractivity contribution >= 4 is 23.5 Å². The van der Waals surface area contributed by atoms with Gasteiger partial charge >= 0.3 is 5.69 Å². The van der Waals surface area contributed by atoms with Crippen LogP contribution in [0.5, 0.6) is 0 Å². The van der Waals surface area contributed by atoms with E-state index in [-0.39, 0.29) is 17.3 Å². The van der Waals surface area contributed by atoms with Crippen molar-refractivity contribution in [2.24, 2.45) is 0 Å². The minimum atomic E-state index is -0.300. The van der Waals surface area contributed by atoms with E-state index in [1.165, 1.54) is 16.3 Å². The van der Waals surface area contributed by atoms with Gasteiger partial charge in [0.2, 0.25) is 5.91 Å². The molecule has 10 heteroatoms. The predicted octanol–water partition coefficient (Wildman–Crippen LogP) is 0.635. The smallest absolute Gasteiger partial charge is 0.343 e. The Morgan fingerprint density at radius 3 is 3.09 bits per heavy atom. The Balaban J connectivity index is 1.88. The Bertz CT molecular complexity index is 677. The molecule has 0 aromatic carbocycles. The van der Waals surface area contributed by atoms with Crippen LogP contribution in [0.3, 0.4) is 0 Å². The number of hydrogen-bond donors (Lipinski definition) is 2. The third kappa shape index (κ3) is 4.46. The number of amides is 1. The highest BCUT2D eigenvalue weighted by Gasteiger charge is 2.12. The molecule has 2 aromatic rings. The molecule has 9 nitrogen and oxygen atoms in total. The molecular formula is C12H17N5O4S. The maximum atomic E-state index is 11.8. The van der Waals surface area contributed by atoms with Gasteiger partial charge in [-0.25, -0.2) is 9.89 Å². The van der Waals surface area contributed by atoms with Crippen LogP contribution in [-0.4, -0.2) is 45.3 Å². The van der Waals surface area contributed by atoms with Crippen molar-refractivity contribution in [2.45, 2.75) is 25.0 Å². The molecule has 2 N–H and O–H groups in total. The fourth-order valence-corrected chi connectivity index (χ4v) is 2.48. The van der Waals surface area contributed by atoms with E-state index in [4.69, 9.17) is 9.26 Å². The number of carbonyl (C=O) groups is 1. The van der Waals surface area contributed by atoms with Crippen molar-refractivity contribution in [2.75, 3.05) is 24.8 Å². The van der Waals surface area contributed by atoms with E-state index in [2.05, 4.69) is 20.7 Å². The number of H-pyrrole nitrogens is 1. The van der Waals surface area contributed by atoms with Gasteiger partial charge in [-0.05, 0) is 13.3 Å². The van der Waals surface area contributed by atoms with Gasteiger partial charge in [0.25, 0.3) is 0 Å². The van der Waals surface area contributed by atoms with Gasteiger partial charge in [-0.3, -0.25) is 9.36 Å². The molecule has 0 fully saturated rings. The molecular weight excluding hydrogens is 310 g/mol. The second kappa shape index (κ2) is 7.80. The van der Waals surface area contributed by atoms with Crippen molar-refractivity contribution in [3.8, 4) is 0 Å². The predicted molar refractivity (Wildman–Crippen MR) is 79.9 cm³/mol.